The Morgan fingerprint density at radius 3 is 2.42 bits per heavy atom. The summed E-state index contributed by atoms with van der Waals surface area (Å²) >= 11 is 0. The van der Waals surface area contributed by atoms with Crippen LogP contribution in [-0.4, -0.2) is 29.5 Å². The average molecular weight is 411 g/mol. The van der Waals surface area contributed by atoms with E-state index < -0.39 is 0 Å². The van der Waals surface area contributed by atoms with Gasteiger partial charge in [0.25, 0.3) is 5.95 Å². The van der Waals surface area contributed by atoms with Crippen LogP contribution in [0.5, 0.6) is 0 Å². The Hall–Kier alpha value is -3.54. The predicted octanol–water partition coefficient (Wildman–Crippen LogP) is 5.03. The van der Waals surface area contributed by atoms with Crippen molar-refractivity contribution in [3.05, 3.63) is 77.1 Å². The smallest absolute Gasteiger partial charge is 0.272 e. The second-order valence-electron chi connectivity index (χ2n) is 8.53. The van der Waals surface area contributed by atoms with E-state index in [1.54, 1.807) is 0 Å². The zero-order valence-corrected chi connectivity index (χ0v) is 18.4. The van der Waals surface area contributed by atoms with Gasteiger partial charge in [0.1, 0.15) is 5.52 Å². The highest BCUT2D eigenvalue weighted by Gasteiger charge is 2.19. The van der Waals surface area contributed by atoms with Crippen LogP contribution in [-0.2, 0) is 13.0 Å². The molecule has 0 aliphatic rings. The number of hydrogen-bond acceptors (Lipinski definition) is 4. The fraction of sp³-hybridized carbons (Fsp3) is 0.280. The molecule has 0 spiro atoms. The zero-order chi connectivity index (χ0) is 21.5. The van der Waals surface area contributed by atoms with E-state index >= 15 is 0 Å². The maximum Gasteiger partial charge on any atom is 0.272 e. The molecule has 0 fully saturated rings. The van der Waals surface area contributed by atoms with Crippen LogP contribution in [0, 0.1) is 19.8 Å². The van der Waals surface area contributed by atoms with Gasteiger partial charge in [-0.3, -0.25) is 0 Å². The van der Waals surface area contributed by atoms with Crippen molar-refractivity contribution < 1.29 is 0 Å². The SMILES string of the molecule is Cc1nn(-c2nnc3c4ccccc4n(CC(C)C)c3n2)c(C)c1Cc1ccccc1. The lowest BCUT2D eigenvalue weighted by Gasteiger charge is -2.10. The van der Waals surface area contributed by atoms with E-state index in [4.69, 9.17) is 10.1 Å². The molecule has 0 aliphatic carbocycles. The van der Waals surface area contributed by atoms with Crippen molar-refractivity contribution in [3.63, 3.8) is 0 Å². The molecule has 156 valence electrons. The monoisotopic (exact) mass is 410 g/mol. The van der Waals surface area contributed by atoms with E-state index in [2.05, 4.69) is 78.0 Å². The van der Waals surface area contributed by atoms with Crippen LogP contribution < -0.4 is 0 Å². The van der Waals surface area contributed by atoms with Crippen LogP contribution in [0.2, 0.25) is 0 Å². The predicted molar refractivity (Wildman–Crippen MR) is 124 cm³/mol. The molecule has 5 aromatic rings. The maximum atomic E-state index is 4.95. The van der Waals surface area contributed by atoms with Crippen LogP contribution in [0.25, 0.3) is 28.0 Å². The summed E-state index contributed by atoms with van der Waals surface area (Å²) in [6.07, 6.45) is 0.835. The Kier molecular flexibility index (Phi) is 4.77. The molecule has 2 aromatic carbocycles. The molecule has 6 nitrogen and oxygen atoms in total. The summed E-state index contributed by atoms with van der Waals surface area (Å²) in [5, 5.41) is 14.9. The number of aryl methyl sites for hydroxylation is 1. The van der Waals surface area contributed by atoms with Crippen molar-refractivity contribution in [2.75, 3.05) is 0 Å². The lowest BCUT2D eigenvalue weighted by molar-refractivity contribution is 0.542. The van der Waals surface area contributed by atoms with Crippen molar-refractivity contribution >= 4 is 22.1 Å². The molecule has 0 radical (unpaired) electrons. The largest absolute Gasteiger partial charge is 0.323 e. The van der Waals surface area contributed by atoms with Gasteiger partial charge in [-0.15, -0.1) is 10.2 Å². The molecule has 0 bridgehead atoms. The topological polar surface area (TPSA) is 61.4 Å². The summed E-state index contributed by atoms with van der Waals surface area (Å²) < 4.78 is 4.08. The second kappa shape index (κ2) is 7.61. The number of rotatable bonds is 5. The first kappa shape index (κ1) is 19.4. The lowest BCUT2D eigenvalue weighted by Crippen LogP contribution is -2.10. The van der Waals surface area contributed by atoms with Crippen molar-refractivity contribution in [1.82, 2.24) is 29.5 Å². The fourth-order valence-electron chi connectivity index (χ4n) is 4.26. The second-order valence-corrected chi connectivity index (χ2v) is 8.53. The lowest BCUT2D eigenvalue weighted by atomic mass is 10.0. The van der Waals surface area contributed by atoms with E-state index in [9.17, 15) is 0 Å². The van der Waals surface area contributed by atoms with Crippen molar-refractivity contribution in [3.8, 4) is 5.95 Å². The molecule has 5 rings (SSSR count). The highest BCUT2D eigenvalue weighted by molar-refractivity contribution is 6.04. The minimum absolute atomic E-state index is 0.489. The van der Waals surface area contributed by atoms with Gasteiger partial charge in [-0.25, -0.2) is 4.68 Å². The zero-order valence-electron chi connectivity index (χ0n) is 18.4. The molecule has 0 unspecified atom stereocenters. The molecule has 0 aliphatic heterocycles. The van der Waals surface area contributed by atoms with Gasteiger partial charge in [-0.1, -0.05) is 62.4 Å². The summed E-state index contributed by atoms with van der Waals surface area (Å²) in [6, 6.07) is 18.8. The van der Waals surface area contributed by atoms with E-state index in [1.165, 1.54) is 11.1 Å². The van der Waals surface area contributed by atoms with Gasteiger partial charge in [0.15, 0.2) is 5.65 Å². The number of benzene rings is 2. The number of nitrogens with zero attached hydrogens (tertiary/aromatic N) is 6. The normalized spacial score (nSPS) is 11.8. The maximum absolute atomic E-state index is 4.95. The first-order valence-corrected chi connectivity index (χ1v) is 10.7. The Morgan fingerprint density at radius 2 is 1.65 bits per heavy atom. The van der Waals surface area contributed by atoms with Gasteiger partial charge in [0.2, 0.25) is 0 Å². The molecule has 0 amide bonds. The molecule has 3 heterocycles. The van der Waals surface area contributed by atoms with Gasteiger partial charge in [0.05, 0.1) is 11.2 Å². The molecule has 31 heavy (non-hydrogen) atoms. The van der Waals surface area contributed by atoms with Crippen LogP contribution >= 0.6 is 0 Å². The molecule has 0 saturated carbocycles. The molecule has 0 atom stereocenters. The third kappa shape index (κ3) is 3.38. The van der Waals surface area contributed by atoms with Crippen LogP contribution in [0.4, 0.5) is 0 Å². The fourth-order valence-corrected chi connectivity index (χ4v) is 4.26. The first-order valence-electron chi connectivity index (χ1n) is 10.7. The van der Waals surface area contributed by atoms with Crippen molar-refractivity contribution in [2.24, 2.45) is 5.92 Å². The molecule has 0 N–H and O–H groups in total. The van der Waals surface area contributed by atoms with Crippen LogP contribution in [0.3, 0.4) is 0 Å². The molecule has 3 aromatic heterocycles. The van der Waals surface area contributed by atoms with Gasteiger partial charge in [-0.2, -0.15) is 10.1 Å². The number of aromatic nitrogens is 6. The number of hydrogen-bond donors (Lipinski definition) is 0. The van der Waals surface area contributed by atoms with E-state index in [-0.39, 0.29) is 0 Å². The van der Waals surface area contributed by atoms with Gasteiger partial charge < -0.3 is 4.57 Å². The van der Waals surface area contributed by atoms with Crippen molar-refractivity contribution in [1.29, 1.82) is 0 Å². The van der Waals surface area contributed by atoms with Gasteiger partial charge >= 0.3 is 0 Å². The Bertz CT molecular complexity index is 1380. The van der Waals surface area contributed by atoms with Crippen LogP contribution in [0.1, 0.15) is 36.4 Å². The number of para-hydroxylation sites is 1. The summed E-state index contributed by atoms with van der Waals surface area (Å²) in [5.41, 5.74) is 7.35. The highest BCUT2D eigenvalue weighted by atomic mass is 15.4. The standard InChI is InChI=1S/C25H26N6/c1-16(2)15-30-22-13-9-8-12-20(22)23-24(30)26-25(28-27-23)31-18(4)21(17(3)29-31)14-19-10-6-5-7-11-19/h5-13,16H,14-15H2,1-4H3. The Morgan fingerprint density at radius 1 is 0.903 bits per heavy atom. The summed E-state index contributed by atoms with van der Waals surface area (Å²) in [5.74, 6) is 1.00. The number of fused-ring (bicyclic) bond motifs is 3. The molecular formula is C25H26N6. The molecule has 6 heteroatoms. The molecular weight excluding hydrogens is 384 g/mol. The quantitative estimate of drug-likeness (QED) is 0.408. The van der Waals surface area contributed by atoms with Gasteiger partial charge in [0, 0.05) is 29.6 Å². The highest BCUT2D eigenvalue weighted by Crippen LogP contribution is 2.27. The Labute approximate surface area is 181 Å². The summed E-state index contributed by atoms with van der Waals surface area (Å²) in [6.45, 7) is 9.43. The van der Waals surface area contributed by atoms with Crippen molar-refractivity contribution in [2.45, 2.75) is 40.7 Å². The minimum Gasteiger partial charge on any atom is -0.323 e. The van der Waals surface area contributed by atoms with Gasteiger partial charge in [-0.05, 0) is 31.4 Å². The van der Waals surface area contributed by atoms with E-state index in [0.717, 1.165) is 46.4 Å². The minimum atomic E-state index is 0.489. The van der Waals surface area contributed by atoms with Crippen LogP contribution in [0.15, 0.2) is 54.6 Å². The van der Waals surface area contributed by atoms with E-state index in [0.29, 0.717) is 11.9 Å². The first-order chi connectivity index (χ1) is 15.0. The van der Waals surface area contributed by atoms with E-state index in [1.807, 2.05) is 23.7 Å². The molecule has 0 saturated heterocycles. The summed E-state index contributed by atoms with van der Waals surface area (Å²) in [4.78, 5) is 4.95. The Balaban J connectivity index is 1.64. The summed E-state index contributed by atoms with van der Waals surface area (Å²) in [7, 11) is 0. The third-order valence-electron chi connectivity index (χ3n) is 5.76. The average Bonchev–Trinajstić information content (AvgIpc) is 3.23. The third-order valence-corrected chi connectivity index (χ3v) is 5.76.